The van der Waals surface area contributed by atoms with Crippen molar-refractivity contribution in [3.05, 3.63) is 28.8 Å². The van der Waals surface area contributed by atoms with Crippen LogP contribution in [-0.2, 0) is 49.1 Å². The molecule has 21 atom stereocenters. The van der Waals surface area contributed by atoms with Gasteiger partial charge < -0.3 is 93.7 Å². The van der Waals surface area contributed by atoms with Gasteiger partial charge in [-0.25, -0.2) is 0 Å². The van der Waals surface area contributed by atoms with Gasteiger partial charge in [-0.3, -0.25) is 9.59 Å². The van der Waals surface area contributed by atoms with E-state index < -0.39 is 152 Å². The summed E-state index contributed by atoms with van der Waals surface area (Å²) in [5.41, 5.74) is 0.116. The number of ether oxygens (including phenoxy) is 9. The maximum absolute atomic E-state index is 14.8. The monoisotopic (exact) mass is 940 g/mol. The number of phenolic OH excluding ortho intramolecular Hbond substituents is 2. The van der Waals surface area contributed by atoms with E-state index in [-0.39, 0.29) is 65.3 Å². The summed E-state index contributed by atoms with van der Waals surface area (Å²) in [5.74, 6) is -3.95. The molecule has 2 aromatic rings. The highest BCUT2D eigenvalue weighted by Gasteiger charge is 2.50. The number of aliphatic hydroxyl groups is 8. The van der Waals surface area contributed by atoms with Gasteiger partial charge in [0.1, 0.15) is 60.0 Å². The Morgan fingerprint density at radius 2 is 1.18 bits per heavy atom. The van der Waals surface area contributed by atoms with Crippen molar-refractivity contribution < 1.29 is 103 Å². The normalized spacial score (nSPS) is 40.1. The standard InChI is InChI=1S/C45H64O21/c1-15-26(63-31-13-27(39(53)19(5)61-31)64-29-11-24(47)37(51)17(3)59-29)10-22-8-21-9-23(44(58-7)43(57)36(50)16(2)46)45(42(56)34(21)41(55)33(22)35(15)49)66-32-14-28(40(54)20(6)62-32)65-30-12-25(48)38(52)18(4)60-30/h8,10,16-20,23-25,27-32,36-40,44-55H,9,11-14H2,1-7H3/t16-,17?,18?,19?,20?,23+,24-,25-,27-,28-,29+,30+,31+,32+,36+,37+,38+,39+,40+,44+,45+/m1/s1. The van der Waals surface area contributed by atoms with Crippen molar-refractivity contribution in [3.8, 4) is 17.2 Å². The third-order valence-electron chi connectivity index (χ3n) is 13.5. The minimum atomic E-state index is -1.92. The number of carbonyl (C=O) groups is 2. The van der Waals surface area contributed by atoms with E-state index in [1.165, 1.54) is 33.1 Å². The molecule has 21 nitrogen and oxygen atoms in total. The third kappa shape index (κ3) is 10.1. The average molecular weight is 941 g/mol. The molecule has 4 heterocycles. The van der Waals surface area contributed by atoms with Crippen molar-refractivity contribution in [1.82, 2.24) is 0 Å². The SMILES string of the molecule is CO[C@H](C(=O)[C@@H](O)[C@@H](C)O)[C@@H]1Cc2cc3cc(O[C@H]4C[C@@H](O[C@H]5C[C@@H](O)[C@@H](O)C(C)O5)[C@@H](O)C(C)O4)c(C)c(O)c3c(O)c2C(=O)[C@H]1O[C@H]1C[C@@H](O[C@H]2C[C@@H](O)[C@@H](O)C(C)O2)[C@@H](O)C(C)O1. The zero-order valence-electron chi connectivity index (χ0n) is 37.8. The van der Waals surface area contributed by atoms with Gasteiger partial charge >= 0.3 is 0 Å². The number of methoxy groups -OCH3 is 1. The zero-order chi connectivity index (χ0) is 48.2. The molecule has 66 heavy (non-hydrogen) atoms. The van der Waals surface area contributed by atoms with Crippen molar-refractivity contribution in [2.45, 2.75) is 196 Å². The summed E-state index contributed by atoms with van der Waals surface area (Å²) in [6.07, 6.45) is -23.5. The molecular weight excluding hydrogens is 876 g/mol. The lowest BCUT2D eigenvalue weighted by atomic mass is 9.75. The van der Waals surface area contributed by atoms with E-state index in [0.717, 1.165) is 0 Å². The number of hydrogen-bond acceptors (Lipinski definition) is 21. The summed E-state index contributed by atoms with van der Waals surface area (Å²) in [6.45, 7) is 9.02. The number of benzene rings is 2. The van der Waals surface area contributed by atoms with Crippen LogP contribution < -0.4 is 4.74 Å². The quantitative estimate of drug-likeness (QED) is 0.121. The number of carbonyl (C=O) groups excluding carboxylic acids is 2. The lowest BCUT2D eigenvalue weighted by Crippen LogP contribution is -2.56. The number of aliphatic hydroxyl groups excluding tert-OH is 8. The summed E-state index contributed by atoms with van der Waals surface area (Å²) in [7, 11) is 1.19. The van der Waals surface area contributed by atoms with Crippen LogP contribution in [0.4, 0.5) is 0 Å². The molecule has 2 aromatic carbocycles. The molecule has 7 rings (SSSR count). The van der Waals surface area contributed by atoms with Crippen LogP contribution in [0.15, 0.2) is 12.1 Å². The number of Topliss-reactive ketones (excluding diaryl/α,β-unsaturated/α-hetero) is 2. The summed E-state index contributed by atoms with van der Waals surface area (Å²) >= 11 is 0. The van der Waals surface area contributed by atoms with Gasteiger partial charge in [-0.2, -0.15) is 0 Å². The summed E-state index contributed by atoms with van der Waals surface area (Å²) < 4.78 is 53.7. The topological polar surface area (TPSA) is 320 Å². The average Bonchev–Trinajstić information content (AvgIpc) is 3.25. The lowest BCUT2D eigenvalue weighted by molar-refractivity contribution is -0.311. The second kappa shape index (κ2) is 20.4. The zero-order valence-corrected chi connectivity index (χ0v) is 37.8. The van der Waals surface area contributed by atoms with Crippen LogP contribution in [0.2, 0.25) is 0 Å². The van der Waals surface area contributed by atoms with Gasteiger partial charge in [0.15, 0.2) is 30.4 Å². The van der Waals surface area contributed by atoms with Crippen LogP contribution in [0, 0.1) is 12.8 Å². The molecular formula is C45H64O21. The van der Waals surface area contributed by atoms with Crippen LogP contribution in [0.25, 0.3) is 10.8 Å². The number of aromatic hydroxyl groups is 2. The van der Waals surface area contributed by atoms with E-state index in [1.807, 2.05) is 0 Å². The molecule has 1 aliphatic carbocycles. The van der Waals surface area contributed by atoms with Crippen molar-refractivity contribution in [1.29, 1.82) is 0 Å². The maximum Gasteiger partial charge on any atom is 0.202 e. The number of rotatable bonds is 13. The first kappa shape index (κ1) is 50.7. The van der Waals surface area contributed by atoms with E-state index in [2.05, 4.69) is 0 Å². The Balaban J connectivity index is 1.18. The molecule has 10 N–H and O–H groups in total. The van der Waals surface area contributed by atoms with Crippen molar-refractivity contribution >= 4 is 22.3 Å². The first-order valence-corrected chi connectivity index (χ1v) is 22.4. The molecule has 4 aliphatic heterocycles. The van der Waals surface area contributed by atoms with Crippen LogP contribution in [0.3, 0.4) is 0 Å². The second-order valence-corrected chi connectivity index (χ2v) is 18.3. The summed E-state index contributed by atoms with van der Waals surface area (Å²) in [4.78, 5) is 28.5. The number of hydrogen-bond donors (Lipinski definition) is 10. The minimum absolute atomic E-state index is 0.0233. The molecule has 5 aliphatic rings. The Labute approximate surface area is 380 Å². The van der Waals surface area contributed by atoms with Gasteiger partial charge in [-0.1, -0.05) is 0 Å². The maximum atomic E-state index is 14.8. The molecule has 0 spiro atoms. The molecule has 370 valence electrons. The third-order valence-corrected chi connectivity index (χ3v) is 13.5. The Kier molecular flexibility index (Phi) is 15.7. The van der Waals surface area contributed by atoms with Gasteiger partial charge in [0.2, 0.25) is 6.29 Å². The van der Waals surface area contributed by atoms with Gasteiger partial charge in [0.25, 0.3) is 0 Å². The Morgan fingerprint density at radius 3 is 1.68 bits per heavy atom. The van der Waals surface area contributed by atoms with E-state index in [1.54, 1.807) is 27.7 Å². The highest BCUT2D eigenvalue weighted by atomic mass is 16.7. The first-order chi connectivity index (χ1) is 31.1. The highest BCUT2D eigenvalue weighted by Crippen LogP contribution is 2.47. The first-order valence-electron chi connectivity index (χ1n) is 22.4. The van der Waals surface area contributed by atoms with Crippen LogP contribution in [0.1, 0.15) is 81.8 Å². The Hall–Kier alpha value is -3.20. The molecule has 4 fully saturated rings. The summed E-state index contributed by atoms with van der Waals surface area (Å²) in [6, 6.07) is 3.04. The Bertz CT molecular complexity index is 2030. The minimum Gasteiger partial charge on any atom is -0.507 e. The predicted octanol–water partition coefficient (Wildman–Crippen LogP) is -0.520. The van der Waals surface area contributed by atoms with E-state index in [4.69, 9.17) is 42.6 Å². The van der Waals surface area contributed by atoms with E-state index in [0.29, 0.717) is 0 Å². The largest absolute Gasteiger partial charge is 0.507 e. The fraction of sp³-hybridized carbons (Fsp3) is 0.733. The smallest absolute Gasteiger partial charge is 0.202 e. The number of fused-ring (bicyclic) bond motifs is 2. The molecule has 21 heteroatoms. The molecule has 0 amide bonds. The van der Waals surface area contributed by atoms with Gasteiger partial charge in [0.05, 0.1) is 65.9 Å². The molecule has 0 aromatic heterocycles. The van der Waals surface area contributed by atoms with E-state index in [9.17, 15) is 60.7 Å². The Morgan fingerprint density at radius 1 is 0.697 bits per heavy atom. The fourth-order valence-corrected chi connectivity index (χ4v) is 9.62. The second-order valence-electron chi connectivity index (χ2n) is 18.3. The highest BCUT2D eigenvalue weighted by molar-refractivity contribution is 6.11. The van der Waals surface area contributed by atoms with Gasteiger partial charge in [-0.05, 0) is 71.0 Å². The number of ketones is 2. The van der Waals surface area contributed by atoms with Crippen LogP contribution in [-0.4, -0.2) is 193 Å². The van der Waals surface area contributed by atoms with Crippen molar-refractivity contribution in [2.75, 3.05) is 7.11 Å². The predicted molar refractivity (Wildman–Crippen MR) is 224 cm³/mol. The van der Waals surface area contributed by atoms with Crippen LogP contribution >= 0.6 is 0 Å². The molecule has 0 bridgehead atoms. The number of phenols is 2. The molecule has 4 unspecified atom stereocenters. The van der Waals surface area contributed by atoms with E-state index >= 15 is 0 Å². The molecule has 4 saturated heterocycles. The molecule has 0 radical (unpaired) electrons. The van der Waals surface area contributed by atoms with Crippen LogP contribution in [0.5, 0.6) is 17.2 Å². The van der Waals surface area contributed by atoms with Gasteiger partial charge in [0, 0.05) is 44.3 Å². The molecule has 0 saturated carbocycles. The van der Waals surface area contributed by atoms with Gasteiger partial charge in [-0.15, -0.1) is 0 Å². The summed E-state index contributed by atoms with van der Waals surface area (Å²) in [5, 5.41) is 108. The lowest BCUT2D eigenvalue weighted by Gasteiger charge is -2.43. The fourth-order valence-electron chi connectivity index (χ4n) is 9.62. The van der Waals surface area contributed by atoms with Crippen molar-refractivity contribution in [2.24, 2.45) is 5.92 Å². The van der Waals surface area contributed by atoms with Crippen molar-refractivity contribution in [3.63, 3.8) is 0 Å².